The molecule has 0 saturated carbocycles. The maximum Gasteiger partial charge on any atom is 0.292 e. The fraction of sp³-hybridized carbons (Fsp3) is 0.238. The van der Waals surface area contributed by atoms with Gasteiger partial charge in [-0.1, -0.05) is 35.5 Å². The number of carbonyl (C=O) groups excluding carboxylic acids is 1. The van der Waals surface area contributed by atoms with Gasteiger partial charge in [-0.3, -0.25) is 4.79 Å². The van der Waals surface area contributed by atoms with E-state index < -0.39 is 0 Å². The van der Waals surface area contributed by atoms with Gasteiger partial charge in [0.2, 0.25) is 5.76 Å². The zero-order valence-corrected chi connectivity index (χ0v) is 15.3. The minimum Gasteiger partial charge on any atom is -0.493 e. The standard InChI is InChI=1S/C21H20N2O4/c1-25-18-10-15-8-9-23(13-16(15)11-19(18)26-2)21(24)20-12-17(22-27-20)14-6-4-3-5-7-14/h3-7,10-12H,8-9,13H2,1-2H3. The van der Waals surface area contributed by atoms with Crippen LogP contribution in [0.25, 0.3) is 11.3 Å². The normalized spacial score (nSPS) is 13.2. The van der Waals surface area contributed by atoms with E-state index in [0.717, 1.165) is 17.5 Å². The van der Waals surface area contributed by atoms with Crippen molar-refractivity contribution in [1.82, 2.24) is 10.1 Å². The molecule has 1 aromatic heterocycles. The molecule has 0 unspecified atom stereocenters. The van der Waals surface area contributed by atoms with Gasteiger partial charge in [-0.2, -0.15) is 0 Å². The van der Waals surface area contributed by atoms with Gasteiger partial charge in [0, 0.05) is 24.7 Å². The largest absolute Gasteiger partial charge is 0.493 e. The van der Waals surface area contributed by atoms with E-state index in [1.165, 1.54) is 5.56 Å². The molecule has 0 atom stereocenters. The molecule has 0 fully saturated rings. The molecule has 1 amide bonds. The molecular formula is C21H20N2O4. The summed E-state index contributed by atoms with van der Waals surface area (Å²) in [4.78, 5) is 14.6. The number of fused-ring (bicyclic) bond motifs is 1. The first kappa shape index (κ1) is 17.1. The van der Waals surface area contributed by atoms with E-state index >= 15 is 0 Å². The van der Waals surface area contributed by atoms with Crippen LogP contribution in [0.15, 0.2) is 53.1 Å². The maximum absolute atomic E-state index is 12.9. The summed E-state index contributed by atoms with van der Waals surface area (Å²) in [7, 11) is 3.23. The van der Waals surface area contributed by atoms with Gasteiger partial charge in [0.15, 0.2) is 11.5 Å². The second-order valence-corrected chi connectivity index (χ2v) is 6.40. The Hall–Kier alpha value is -3.28. The molecule has 6 heteroatoms. The number of rotatable bonds is 4. The van der Waals surface area contributed by atoms with Gasteiger partial charge in [0.1, 0.15) is 5.69 Å². The molecule has 27 heavy (non-hydrogen) atoms. The Labute approximate surface area is 157 Å². The summed E-state index contributed by atoms with van der Waals surface area (Å²) in [5.41, 5.74) is 3.79. The van der Waals surface area contributed by atoms with E-state index in [-0.39, 0.29) is 11.7 Å². The SMILES string of the molecule is COc1cc2c(cc1OC)CN(C(=O)c1cc(-c3ccccc3)no1)CC2. The molecule has 1 aliphatic rings. The lowest BCUT2D eigenvalue weighted by Crippen LogP contribution is -2.35. The highest BCUT2D eigenvalue weighted by atomic mass is 16.5. The highest BCUT2D eigenvalue weighted by Crippen LogP contribution is 2.33. The Kier molecular flexibility index (Phi) is 4.54. The third-order valence-electron chi connectivity index (χ3n) is 4.80. The van der Waals surface area contributed by atoms with Crippen LogP contribution in [-0.2, 0) is 13.0 Å². The third-order valence-corrected chi connectivity index (χ3v) is 4.80. The van der Waals surface area contributed by atoms with Crippen molar-refractivity contribution in [3.8, 4) is 22.8 Å². The van der Waals surface area contributed by atoms with E-state index in [0.29, 0.717) is 30.3 Å². The Morgan fingerprint density at radius 3 is 2.44 bits per heavy atom. The van der Waals surface area contributed by atoms with Crippen LogP contribution < -0.4 is 9.47 Å². The van der Waals surface area contributed by atoms with Gasteiger partial charge in [-0.15, -0.1) is 0 Å². The molecule has 3 aromatic rings. The minimum atomic E-state index is -0.162. The monoisotopic (exact) mass is 364 g/mol. The second kappa shape index (κ2) is 7.15. The van der Waals surface area contributed by atoms with Crippen molar-refractivity contribution in [1.29, 1.82) is 0 Å². The smallest absolute Gasteiger partial charge is 0.292 e. The van der Waals surface area contributed by atoms with E-state index in [4.69, 9.17) is 14.0 Å². The number of hydrogen-bond acceptors (Lipinski definition) is 5. The Morgan fingerprint density at radius 1 is 1.04 bits per heavy atom. The highest BCUT2D eigenvalue weighted by molar-refractivity contribution is 5.92. The van der Waals surface area contributed by atoms with Crippen LogP contribution in [0.2, 0.25) is 0 Å². The highest BCUT2D eigenvalue weighted by Gasteiger charge is 2.26. The predicted molar refractivity (Wildman–Crippen MR) is 99.9 cm³/mol. The summed E-state index contributed by atoms with van der Waals surface area (Å²) in [6.45, 7) is 1.11. The quantitative estimate of drug-likeness (QED) is 0.708. The average molecular weight is 364 g/mol. The molecule has 0 saturated heterocycles. The number of benzene rings is 2. The second-order valence-electron chi connectivity index (χ2n) is 6.40. The number of hydrogen-bond donors (Lipinski definition) is 0. The number of carbonyl (C=O) groups is 1. The van der Waals surface area contributed by atoms with Crippen LogP contribution >= 0.6 is 0 Å². The topological polar surface area (TPSA) is 64.8 Å². The fourth-order valence-corrected chi connectivity index (χ4v) is 3.33. The molecule has 2 heterocycles. The maximum atomic E-state index is 12.9. The van der Waals surface area contributed by atoms with Crippen molar-refractivity contribution < 1.29 is 18.8 Å². The fourth-order valence-electron chi connectivity index (χ4n) is 3.33. The lowest BCUT2D eigenvalue weighted by molar-refractivity contribution is 0.0692. The number of ether oxygens (including phenoxy) is 2. The van der Waals surface area contributed by atoms with Crippen LogP contribution in [0.3, 0.4) is 0 Å². The molecule has 2 aromatic carbocycles. The number of nitrogens with zero attached hydrogens (tertiary/aromatic N) is 2. The van der Waals surface area contributed by atoms with E-state index in [2.05, 4.69) is 5.16 Å². The van der Waals surface area contributed by atoms with Crippen LogP contribution in [-0.4, -0.2) is 36.7 Å². The molecule has 0 bridgehead atoms. The average Bonchev–Trinajstić information content (AvgIpc) is 3.22. The summed E-state index contributed by atoms with van der Waals surface area (Å²) in [6, 6.07) is 15.3. The molecule has 0 aliphatic carbocycles. The van der Waals surface area contributed by atoms with Gasteiger partial charge in [-0.25, -0.2) is 0 Å². The van der Waals surface area contributed by atoms with E-state index in [1.807, 2.05) is 42.5 Å². The van der Waals surface area contributed by atoms with Gasteiger partial charge in [0.25, 0.3) is 5.91 Å². The molecule has 0 N–H and O–H groups in total. The first-order valence-corrected chi connectivity index (χ1v) is 8.75. The Morgan fingerprint density at radius 2 is 1.74 bits per heavy atom. The molecular weight excluding hydrogens is 344 g/mol. The van der Waals surface area contributed by atoms with Crippen LogP contribution in [0, 0.1) is 0 Å². The van der Waals surface area contributed by atoms with Crippen molar-refractivity contribution in [3.05, 3.63) is 65.4 Å². The summed E-state index contributed by atoms with van der Waals surface area (Å²) in [6.07, 6.45) is 0.751. The molecule has 1 aliphatic heterocycles. The summed E-state index contributed by atoms with van der Waals surface area (Å²) in [5, 5.41) is 4.04. The number of methoxy groups -OCH3 is 2. The van der Waals surface area contributed by atoms with Gasteiger partial charge >= 0.3 is 0 Å². The van der Waals surface area contributed by atoms with E-state index in [1.54, 1.807) is 25.2 Å². The summed E-state index contributed by atoms with van der Waals surface area (Å²) < 4.78 is 16.1. The number of aromatic nitrogens is 1. The van der Waals surface area contributed by atoms with E-state index in [9.17, 15) is 4.79 Å². The van der Waals surface area contributed by atoms with Crippen LogP contribution in [0.5, 0.6) is 11.5 Å². The summed E-state index contributed by atoms with van der Waals surface area (Å²) >= 11 is 0. The molecule has 6 nitrogen and oxygen atoms in total. The van der Waals surface area contributed by atoms with Crippen molar-refractivity contribution in [2.45, 2.75) is 13.0 Å². The third kappa shape index (κ3) is 3.26. The molecule has 138 valence electrons. The zero-order valence-electron chi connectivity index (χ0n) is 15.3. The zero-order chi connectivity index (χ0) is 18.8. The summed E-state index contributed by atoms with van der Waals surface area (Å²) in [5.74, 6) is 1.46. The van der Waals surface area contributed by atoms with Crippen LogP contribution in [0.1, 0.15) is 21.7 Å². The van der Waals surface area contributed by atoms with Crippen LogP contribution in [0.4, 0.5) is 0 Å². The van der Waals surface area contributed by atoms with Gasteiger partial charge in [-0.05, 0) is 29.7 Å². The van der Waals surface area contributed by atoms with Gasteiger partial charge in [0.05, 0.1) is 14.2 Å². The molecule has 0 radical (unpaired) electrons. The Bertz CT molecular complexity index is 966. The Balaban J connectivity index is 1.55. The lowest BCUT2D eigenvalue weighted by Gasteiger charge is -2.28. The lowest BCUT2D eigenvalue weighted by atomic mass is 9.98. The molecule has 4 rings (SSSR count). The molecule has 0 spiro atoms. The van der Waals surface area contributed by atoms with Crippen molar-refractivity contribution in [2.24, 2.45) is 0 Å². The predicted octanol–water partition coefficient (Wildman–Crippen LogP) is 3.56. The van der Waals surface area contributed by atoms with Gasteiger partial charge < -0.3 is 18.9 Å². The first-order valence-electron chi connectivity index (χ1n) is 8.75. The number of amides is 1. The van der Waals surface area contributed by atoms with Crippen molar-refractivity contribution in [2.75, 3.05) is 20.8 Å². The first-order chi connectivity index (χ1) is 13.2. The van der Waals surface area contributed by atoms with Crippen molar-refractivity contribution >= 4 is 5.91 Å². The van der Waals surface area contributed by atoms with Crippen molar-refractivity contribution in [3.63, 3.8) is 0 Å². The minimum absolute atomic E-state index is 0.162.